The molecule has 0 unspecified atom stereocenters. The van der Waals surface area contributed by atoms with Crippen LogP contribution >= 0.6 is 11.6 Å². The zero-order valence-electron chi connectivity index (χ0n) is 17.9. The predicted octanol–water partition coefficient (Wildman–Crippen LogP) is 8.06. The molecule has 160 valence electrons. The van der Waals surface area contributed by atoms with Crippen LogP contribution in [0.15, 0.2) is 101 Å². The van der Waals surface area contributed by atoms with Crippen LogP contribution in [0.1, 0.15) is 0 Å². The molecule has 0 aliphatic rings. The number of rotatable bonds is 2. The number of hydrogen-bond donors (Lipinski definition) is 0. The topological polar surface area (TPSA) is 51.8 Å². The van der Waals surface area contributed by atoms with Gasteiger partial charge in [0.25, 0.3) is 0 Å². The van der Waals surface area contributed by atoms with E-state index in [-0.39, 0.29) is 5.28 Å². The average molecular weight is 458 g/mol. The standard InChI is InChI=1S/C29H16ClN3O/c30-29-32-27(21-13-12-17-6-1-2-7-18(17)14-21)31-28(33-29)23-11-5-10-22-24-15-19-8-3-4-9-20(19)16-25(24)34-26(22)23/h1-16H. The highest BCUT2D eigenvalue weighted by molar-refractivity contribution is 6.28. The molecule has 0 aliphatic heterocycles. The number of fused-ring (bicyclic) bond motifs is 5. The van der Waals surface area contributed by atoms with Gasteiger partial charge < -0.3 is 4.42 Å². The maximum atomic E-state index is 6.38. The summed E-state index contributed by atoms with van der Waals surface area (Å²) in [6, 6.07) is 32.9. The van der Waals surface area contributed by atoms with Gasteiger partial charge >= 0.3 is 0 Å². The van der Waals surface area contributed by atoms with Crippen LogP contribution in [0.2, 0.25) is 5.28 Å². The van der Waals surface area contributed by atoms with Crippen molar-refractivity contribution >= 4 is 55.1 Å². The second-order valence-corrected chi connectivity index (χ2v) is 8.63. The fourth-order valence-electron chi connectivity index (χ4n) is 4.59. The highest BCUT2D eigenvalue weighted by Gasteiger charge is 2.17. The lowest BCUT2D eigenvalue weighted by atomic mass is 10.0. The lowest BCUT2D eigenvalue weighted by molar-refractivity contribution is 0.670. The number of para-hydroxylation sites is 1. The van der Waals surface area contributed by atoms with Crippen molar-refractivity contribution in [2.45, 2.75) is 0 Å². The molecule has 0 aliphatic carbocycles. The zero-order valence-corrected chi connectivity index (χ0v) is 18.6. The van der Waals surface area contributed by atoms with Crippen LogP contribution in [0.4, 0.5) is 0 Å². The zero-order chi connectivity index (χ0) is 22.6. The fourth-order valence-corrected chi connectivity index (χ4v) is 4.75. The molecular formula is C29H16ClN3O. The van der Waals surface area contributed by atoms with Gasteiger partial charge in [-0.2, -0.15) is 9.97 Å². The molecule has 0 spiro atoms. The Labute approximate surface area is 199 Å². The second-order valence-electron chi connectivity index (χ2n) is 8.29. The SMILES string of the molecule is Clc1nc(-c2ccc3ccccc3c2)nc(-c2cccc3c2oc2cc4ccccc4cc23)n1. The monoisotopic (exact) mass is 457 g/mol. The highest BCUT2D eigenvalue weighted by atomic mass is 35.5. The van der Waals surface area contributed by atoms with E-state index in [1.54, 1.807) is 0 Å². The first-order chi connectivity index (χ1) is 16.7. The van der Waals surface area contributed by atoms with Gasteiger partial charge in [-0.05, 0) is 57.4 Å². The van der Waals surface area contributed by atoms with E-state index >= 15 is 0 Å². The van der Waals surface area contributed by atoms with Crippen LogP contribution in [0, 0.1) is 0 Å². The summed E-state index contributed by atoms with van der Waals surface area (Å²) in [7, 11) is 0. The van der Waals surface area contributed by atoms with E-state index in [0.29, 0.717) is 11.6 Å². The third-order valence-corrected chi connectivity index (χ3v) is 6.39. The number of furan rings is 1. The molecule has 0 saturated heterocycles. The Hall–Kier alpha value is -4.28. The molecule has 0 N–H and O–H groups in total. The molecule has 5 heteroatoms. The number of benzene rings is 5. The van der Waals surface area contributed by atoms with Crippen LogP contribution in [0.5, 0.6) is 0 Å². The van der Waals surface area contributed by atoms with Gasteiger partial charge in [0, 0.05) is 16.3 Å². The molecular weight excluding hydrogens is 442 g/mol. The molecule has 0 amide bonds. The summed E-state index contributed by atoms with van der Waals surface area (Å²) < 4.78 is 6.35. The Bertz CT molecular complexity index is 1890. The van der Waals surface area contributed by atoms with E-state index in [2.05, 4.69) is 64.6 Å². The second kappa shape index (κ2) is 7.37. The summed E-state index contributed by atoms with van der Waals surface area (Å²) in [6.07, 6.45) is 0. The third kappa shape index (κ3) is 3.04. The maximum absolute atomic E-state index is 6.38. The minimum atomic E-state index is 0.145. The molecule has 4 nitrogen and oxygen atoms in total. The van der Waals surface area contributed by atoms with Gasteiger partial charge in [0.05, 0.1) is 5.56 Å². The lowest BCUT2D eigenvalue weighted by Gasteiger charge is -2.06. The van der Waals surface area contributed by atoms with Crippen molar-refractivity contribution in [3.8, 4) is 22.8 Å². The van der Waals surface area contributed by atoms with E-state index < -0.39 is 0 Å². The van der Waals surface area contributed by atoms with Gasteiger partial charge in [-0.3, -0.25) is 0 Å². The quantitative estimate of drug-likeness (QED) is 0.263. The molecule has 0 fully saturated rings. The Kier molecular flexibility index (Phi) is 4.16. The van der Waals surface area contributed by atoms with Crippen LogP contribution in [-0.4, -0.2) is 15.0 Å². The minimum Gasteiger partial charge on any atom is -0.455 e. The highest BCUT2D eigenvalue weighted by Crippen LogP contribution is 2.37. The van der Waals surface area contributed by atoms with Gasteiger partial charge in [0.1, 0.15) is 11.2 Å². The third-order valence-electron chi connectivity index (χ3n) is 6.22. The summed E-state index contributed by atoms with van der Waals surface area (Å²) in [5, 5.41) is 6.80. The maximum Gasteiger partial charge on any atom is 0.226 e. The van der Waals surface area contributed by atoms with Crippen LogP contribution < -0.4 is 0 Å². The van der Waals surface area contributed by atoms with Gasteiger partial charge in [0.15, 0.2) is 11.6 Å². The van der Waals surface area contributed by atoms with Crippen LogP contribution in [-0.2, 0) is 0 Å². The smallest absolute Gasteiger partial charge is 0.226 e. The average Bonchev–Trinajstić information content (AvgIpc) is 3.24. The molecule has 34 heavy (non-hydrogen) atoms. The Balaban J connectivity index is 1.44. The molecule has 7 aromatic rings. The van der Waals surface area contributed by atoms with Gasteiger partial charge in [0.2, 0.25) is 5.28 Å². The van der Waals surface area contributed by atoms with E-state index in [9.17, 15) is 0 Å². The van der Waals surface area contributed by atoms with E-state index in [1.165, 1.54) is 5.39 Å². The van der Waals surface area contributed by atoms with Crippen molar-refractivity contribution in [1.29, 1.82) is 0 Å². The van der Waals surface area contributed by atoms with Crippen molar-refractivity contribution in [2.24, 2.45) is 0 Å². The Morgan fingerprint density at radius 2 is 1.26 bits per heavy atom. The van der Waals surface area contributed by atoms with E-state index in [1.807, 2.05) is 42.5 Å². The number of hydrogen-bond acceptors (Lipinski definition) is 4. The van der Waals surface area contributed by atoms with Crippen molar-refractivity contribution in [1.82, 2.24) is 15.0 Å². The molecule has 5 aromatic carbocycles. The largest absolute Gasteiger partial charge is 0.455 e. The molecule has 2 aromatic heterocycles. The first kappa shape index (κ1) is 19.2. The molecule has 0 saturated carbocycles. The van der Waals surface area contributed by atoms with Gasteiger partial charge in [-0.25, -0.2) is 4.98 Å². The van der Waals surface area contributed by atoms with Gasteiger partial charge in [-0.1, -0.05) is 72.8 Å². The van der Waals surface area contributed by atoms with E-state index in [0.717, 1.165) is 49.2 Å². The molecule has 0 atom stereocenters. The molecule has 7 rings (SSSR count). The normalized spacial score (nSPS) is 11.7. The van der Waals surface area contributed by atoms with Crippen molar-refractivity contribution < 1.29 is 4.42 Å². The summed E-state index contributed by atoms with van der Waals surface area (Å²) in [5.41, 5.74) is 3.23. The van der Waals surface area contributed by atoms with Crippen molar-refractivity contribution in [3.63, 3.8) is 0 Å². The Morgan fingerprint density at radius 3 is 2.09 bits per heavy atom. The summed E-state index contributed by atoms with van der Waals surface area (Å²) >= 11 is 6.38. The summed E-state index contributed by atoms with van der Waals surface area (Å²) in [5.74, 6) is 1.01. The number of halogens is 1. The Morgan fingerprint density at radius 1 is 0.559 bits per heavy atom. The molecule has 0 radical (unpaired) electrons. The van der Waals surface area contributed by atoms with Gasteiger partial charge in [-0.15, -0.1) is 0 Å². The summed E-state index contributed by atoms with van der Waals surface area (Å²) in [4.78, 5) is 13.6. The lowest BCUT2D eigenvalue weighted by Crippen LogP contribution is -1.97. The molecule has 0 bridgehead atoms. The minimum absolute atomic E-state index is 0.145. The molecule has 2 heterocycles. The predicted molar refractivity (Wildman–Crippen MR) is 138 cm³/mol. The number of aromatic nitrogens is 3. The number of nitrogens with zero attached hydrogens (tertiary/aromatic N) is 3. The first-order valence-corrected chi connectivity index (χ1v) is 11.4. The van der Waals surface area contributed by atoms with Crippen LogP contribution in [0.25, 0.3) is 66.3 Å². The van der Waals surface area contributed by atoms with Crippen molar-refractivity contribution in [3.05, 3.63) is 102 Å². The summed E-state index contributed by atoms with van der Waals surface area (Å²) in [6.45, 7) is 0. The van der Waals surface area contributed by atoms with E-state index in [4.69, 9.17) is 21.0 Å². The van der Waals surface area contributed by atoms with Crippen LogP contribution in [0.3, 0.4) is 0 Å². The fraction of sp³-hybridized carbons (Fsp3) is 0. The van der Waals surface area contributed by atoms with Crippen molar-refractivity contribution in [2.75, 3.05) is 0 Å². The first-order valence-electron chi connectivity index (χ1n) is 11.0.